The number of piperazine rings is 1. The number of ether oxygens (including phenoxy) is 1. The van der Waals surface area contributed by atoms with Crippen LogP contribution < -0.4 is 4.74 Å². The Balaban J connectivity index is 1.91. The third-order valence-electron chi connectivity index (χ3n) is 4.55. The molecule has 0 saturated carbocycles. The van der Waals surface area contributed by atoms with Crippen molar-refractivity contribution >= 4 is 16.1 Å². The zero-order valence-corrected chi connectivity index (χ0v) is 17.0. The molecule has 0 N–H and O–H groups in total. The van der Waals surface area contributed by atoms with E-state index < -0.39 is 16.3 Å². The van der Waals surface area contributed by atoms with Crippen LogP contribution in [0, 0.1) is 0 Å². The van der Waals surface area contributed by atoms with E-state index in [1.165, 1.54) is 28.3 Å². The molecule has 1 fully saturated rings. The van der Waals surface area contributed by atoms with Crippen molar-refractivity contribution in [3.05, 3.63) is 29.8 Å². The zero-order valence-electron chi connectivity index (χ0n) is 16.2. The third-order valence-corrected chi connectivity index (χ3v) is 6.49. The highest BCUT2D eigenvalue weighted by molar-refractivity contribution is 7.86. The van der Waals surface area contributed by atoms with Gasteiger partial charge in [0.1, 0.15) is 5.75 Å². The molecule has 1 unspecified atom stereocenters. The van der Waals surface area contributed by atoms with E-state index in [4.69, 9.17) is 4.74 Å². The lowest BCUT2D eigenvalue weighted by Gasteiger charge is -2.36. The summed E-state index contributed by atoms with van der Waals surface area (Å²) in [7, 11) is -0.417. The minimum atomic E-state index is -3.43. The first kappa shape index (κ1) is 20.7. The zero-order chi connectivity index (χ0) is 19.5. The van der Waals surface area contributed by atoms with E-state index in [1.807, 2.05) is 24.3 Å². The van der Waals surface area contributed by atoms with Gasteiger partial charge in [0.15, 0.2) is 6.10 Å². The highest BCUT2D eigenvalue weighted by atomic mass is 32.2. The van der Waals surface area contributed by atoms with E-state index in [2.05, 4.69) is 13.8 Å². The maximum absolute atomic E-state index is 12.6. The molecule has 1 atom stereocenters. The highest BCUT2D eigenvalue weighted by Crippen LogP contribution is 2.20. The number of hydrogen-bond donors (Lipinski definition) is 0. The Morgan fingerprint density at radius 1 is 1.04 bits per heavy atom. The van der Waals surface area contributed by atoms with Crippen LogP contribution in [0.4, 0.5) is 0 Å². The van der Waals surface area contributed by atoms with Gasteiger partial charge in [-0.3, -0.25) is 4.79 Å². The van der Waals surface area contributed by atoms with Crippen molar-refractivity contribution in [3.8, 4) is 5.75 Å². The fourth-order valence-corrected chi connectivity index (χ4v) is 3.90. The summed E-state index contributed by atoms with van der Waals surface area (Å²) in [5.41, 5.74) is 1.22. The number of amides is 1. The van der Waals surface area contributed by atoms with Crippen molar-refractivity contribution in [2.75, 3.05) is 40.3 Å². The average Bonchev–Trinajstić information content (AvgIpc) is 2.61. The van der Waals surface area contributed by atoms with E-state index in [0.717, 1.165) is 0 Å². The molecule has 1 aromatic carbocycles. The molecule has 0 bridgehead atoms. The Morgan fingerprint density at radius 3 is 2.04 bits per heavy atom. The number of nitrogens with zero attached hydrogens (tertiary/aromatic N) is 3. The van der Waals surface area contributed by atoms with E-state index in [1.54, 1.807) is 11.8 Å². The molecule has 8 heteroatoms. The molecule has 1 aliphatic rings. The highest BCUT2D eigenvalue weighted by Gasteiger charge is 2.32. The summed E-state index contributed by atoms with van der Waals surface area (Å²) in [4.78, 5) is 14.3. The predicted octanol–water partition coefficient (Wildman–Crippen LogP) is 1.53. The smallest absolute Gasteiger partial charge is 0.281 e. The second-order valence-electron chi connectivity index (χ2n) is 7.00. The summed E-state index contributed by atoms with van der Waals surface area (Å²) in [6.07, 6.45) is -0.614. The molecular formula is C18H29N3O4S. The van der Waals surface area contributed by atoms with Gasteiger partial charge in [-0.05, 0) is 30.5 Å². The maximum atomic E-state index is 12.6. The molecule has 1 saturated heterocycles. The minimum absolute atomic E-state index is 0.125. The van der Waals surface area contributed by atoms with Crippen LogP contribution in [0.25, 0.3) is 0 Å². The number of carbonyl (C=O) groups excluding carboxylic acids is 1. The Morgan fingerprint density at radius 2 is 1.58 bits per heavy atom. The summed E-state index contributed by atoms with van der Waals surface area (Å²) in [6, 6.07) is 7.76. The minimum Gasteiger partial charge on any atom is -0.481 e. The second kappa shape index (κ2) is 8.37. The Bertz CT molecular complexity index is 708. The standard InChI is InChI=1S/C18H29N3O4S/c1-14(2)16-6-8-17(9-7-16)25-15(3)18(22)20-10-12-21(13-11-20)26(23,24)19(4)5/h6-9,14-15H,10-13H2,1-5H3. The van der Waals surface area contributed by atoms with Gasteiger partial charge in [0.25, 0.3) is 16.1 Å². The fraction of sp³-hybridized carbons (Fsp3) is 0.611. The van der Waals surface area contributed by atoms with Crippen molar-refractivity contribution in [1.82, 2.24) is 13.5 Å². The van der Waals surface area contributed by atoms with Crippen LogP contribution in [0.3, 0.4) is 0 Å². The largest absolute Gasteiger partial charge is 0.481 e. The summed E-state index contributed by atoms with van der Waals surface area (Å²) < 4.78 is 32.6. The van der Waals surface area contributed by atoms with Gasteiger partial charge < -0.3 is 9.64 Å². The summed E-state index contributed by atoms with van der Waals surface area (Å²) >= 11 is 0. The van der Waals surface area contributed by atoms with Gasteiger partial charge in [-0.2, -0.15) is 17.0 Å². The van der Waals surface area contributed by atoms with E-state index in [9.17, 15) is 13.2 Å². The molecule has 1 aliphatic heterocycles. The van der Waals surface area contributed by atoms with Crippen molar-refractivity contribution in [2.45, 2.75) is 32.8 Å². The third kappa shape index (κ3) is 4.75. The van der Waals surface area contributed by atoms with Crippen LogP contribution >= 0.6 is 0 Å². The van der Waals surface area contributed by atoms with Gasteiger partial charge in [0.2, 0.25) is 0 Å². The van der Waals surface area contributed by atoms with E-state index in [-0.39, 0.29) is 5.91 Å². The summed E-state index contributed by atoms with van der Waals surface area (Å²) in [5, 5.41) is 0. The van der Waals surface area contributed by atoms with Crippen LogP contribution in [0.1, 0.15) is 32.3 Å². The molecule has 2 rings (SSSR count). The van der Waals surface area contributed by atoms with Crippen molar-refractivity contribution in [3.63, 3.8) is 0 Å². The lowest BCUT2D eigenvalue weighted by atomic mass is 10.0. The van der Waals surface area contributed by atoms with Crippen molar-refractivity contribution in [1.29, 1.82) is 0 Å². The van der Waals surface area contributed by atoms with Gasteiger partial charge in [0, 0.05) is 40.3 Å². The van der Waals surface area contributed by atoms with Crippen LogP contribution in [0.15, 0.2) is 24.3 Å². The lowest BCUT2D eigenvalue weighted by Crippen LogP contribution is -2.55. The van der Waals surface area contributed by atoms with Crippen LogP contribution in [-0.4, -0.2) is 74.2 Å². The molecule has 0 spiro atoms. The van der Waals surface area contributed by atoms with E-state index >= 15 is 0 Å². The number of hydrogen-bond acceptors (Lipinski definition) is 4. The van der Waals surface area contributed by atoms with Gasteiger partial charge in [0.05, 0.1) is 0 Å². The fourth-order valence-electron chi connectivity index (χ4n) is 2.81. The molecule has 0 aliphatic carbocycles. The molecule has 146 valence electrons. The normalized spacial score (nSPS) is 17.6. The number of benzene rings is 1. The monoisotopic (exact) mass is 383 g/mol. The van der Waals surface area contributed by atoms with Gasteiger partial charge in [-0.25, -0.2) is 0 Å². The van der Waals surface area contributed by atoms with Crippen LogP contribution in [-0.2, 0) is 15.0 Å². The molecule has 1 heterocycles. The Hall–Kier alpha value is -1.64. The molecule has 1 amide bonds. The first-order valence-corrected chi connectivity index (χ1v) is 10.3. The Kier molecular flexibility index (Phi) is 6.65. The van der Waals surface area contributed by atoms with Crippen molar-refractivity contribution < 1.29 is 17.9 Å². The molecule has 0 radical (unpaired) electrons. The Labute approximate surface area is 156 Å². The van der Waals surface area contributed by atoms with Gasteiger partial charge in [-0.1, -0.05) is 26.0 Å². The van der Waals surface area contributed by atoms with E-state index in [0.29, 0.717) is 37.8 Å². The number of carbonyl (C=O) groups is 1. The van der Waals surface area contributed by atoms with Crippen LogP contribution in [0.2, 0.25) is 0 Å². The topological polar surface area (TPSA) is 70.2 Å². The average molecular weight is 384 g/mol. The lowest BCUT2D eigenvalue weighted by molar-refractivity contribution is -0.139. The second-order valence-corrected chi connectivity index (χ2v) is 9.14. The van der Waals surface area contributed by atoms with Gasteiger partial charge >= 0.3 is 0 Å². The molecule has 0 aromatic heterocycles. The molecular weight excluding hydrogens is 354 g/mol. The van der Waals surface area contributed by atoms with Gasteiger partial charge in [-0.15, -0.1) is 0 Å². The first-order valence-electron chi connectivity index (χ1n) is 8.86. The number of rotatable bonds is 6. The van der Waals surface area contributed by atoms with Crippen LogP contribution in [0.5, 0.6) is 5.75 Å². The first-order chi connectivity index (χ1) is 12.1. The molecule has 1 aromatic rings. The predicted molar refractivity (Wildman–Crippen MR) is 101 cm³/mol. The summed E-state index contributed by atoms with van der Waals surface area (Å²) in [5.74, 6) is 0.974. The quantitative estimate of drug-likeness (QED) is 0.747. The SMILES string of the molecule is CC(Oc1ccc(C(C)C)cc1)C(=O)N1CCN(S(=O)(=O)N(C)C)CC1. The molecule has 7 nitrogen and oxygen atoms in total. The maximum Gasteiger partial charge on any atom is 0.281 e. The van der Waals surface area contributed by atoms with Crippen molar-refractivity contribution in [2.24, 2.45) is 0 Å². The molecule has 26 heavy (non-hydrogen) atoms. The summed E-state index contributed by atoms with van der Waals surface area (Å²) in [6.45, 7) is 7.29.